The molecule has 1 aromatic carbocycles. The van der Waals surface area contributed by atoms with E-state index in [1.54, 1.807) is 0 Å². The Bertz CT molecular complexity index is 351. The summed E-state index contributed by atoms with van der Waals surface area (Å²) in [6, 6.07) is 2.80. The van der Waals surface area contributed by atoms with Gasteiger partial charge in [0.2, 0.25) is 0 Å². The Morgan fingerprint density at radius 2 is 2.14 bits per heavy atom. The van der Waals surface area contributed by atoms with Gasteiger partial charge in [0.05, 0.1) is 0 Å². The molecule has 0 spiro atoms. The summed E-state index contributed by atoms with van der Waals surface area (Å²) in [6.07, 6.45) is 3.91. The summed E-state index contributed by atoms with van der Waals surface area (Å²) < 4.78 is 13.1. The van der Waals surface area contributed by atoms with E-state index in [0.29, 0.717) is 0 Å². The number of benzene rings is 1. The largest absolute Gasteiger partial charge is 0.505 e. The molecule has 3 heteroatoms. The molecule has 2 rings (SSSR count). The van der Waals surface area contributed by atoms with Crippen LogP contribution >= 0.6 is 0 Å². The summed E-state index contributed by atoms with van der Waals surface area (Å²) in [6.45, 7) is 0. The predicted octanol–water partition coefficient (Wildman–Crippen LogP) is 2.26. The van der Waals surface area contributed by atoms with Crippen molar-refractivity contribution in [1.82, 2.24) is 0 Å². The number of aromatic hydroxyl groups is 1. The summed E-state index contributed by atoms with van der Waals surface area (Å²) in [5.74, 6) is -0.834. The predicted molar refractivity (Wildman–Crippen MR) is 52.5 cm³/mol. The van der Waals surface area contributed by atoms with Crippen molar-refractivity contribution in [3.05, 3.63) is 29.1 Å². The van der Waals surface area contributed by atoms with Crippen LogP contribution in [0.15, 0.2) is 12.1 Å². The van der Waals surface area contributed by atoms with Crippen molar-refractivity contribution in [3.63, 3.8) is 0 Å². The first-order valence-electron chi connectivity index (χ1n) is 4.95. The van der Waals surface area contributed by atoms with Crippen LogP contribution in [-0.2, 0) is 6.42 Å². The van der Waals surface area contributed by atoms with Crippen LogP contribution < -0.4 is 5.73 Å². The zero-order valence-corrected chi connectivity index (χ0v) is 7.96. The van der Waals surface area contributed by atoms with E-state index in [2.05, 4.69) is 0 Å². The Hall–Kier alpha value is -1.09. The Labute approximate surface area is 82.5 Å². The van der Waals surface area contributed by atoms with Gasteiger partial charge in [-0.15, -0.1) is 0 Å². The molecule has 0 heterocycles. The normalized spacial score (nSPS) is 21.4. The molecular formula is C11H14FNO. The number of nitrogens with two attached hydrogens (primary N) is 1. The van der Waals surface area contributed by atoms with Gasteiger partial charge in [-0.1, -0.05) is 6.42 Å². The minimum atomic E-state index is -0.568. The number of fused-ring (bicyclic) bond motifs is 1. The van der Waals surface area contributed by atoms with Crippen LogP contribution in [0.1, 0.15) is 36.4 Å². The number of phenols is 1. The third-order valence-electron chi connectivity index (χ3n) is 2.82. The molecular weight excluding hydrogens is 181 g/mol. The van der Waals surface area contributed by atoms with E-state index in [0.717, 1.165) is 36.8 Å². The first-order chi connectivity index (χ1) is 6.68. The van der Waals surface area contributed by atoms with Gasteiger partial charge in [-0.2, -0.15) is 0 Å². The zero-order chi connectivity index (χ0) is 10.1. The summed E-state index contributed by atoms with van der Waals surface area (Å²) >= 11 is 0. The second-order valence-corrected chi connectivity index (χ2v) is 3.85. The fourth-order valence-corrected chi connectivity index (χ4v) is 2.02. The third kappa shape index (κ3) is 1.60. The minimum absolute atomic E-state index is 0.0809. The maximum absolute atomic E-state index is 13.1. The fourth-order valence-electron chi connectivity index (χ4n) is 2.02. The molecule has 76 valence electrons. The van der Waals surface area contributed by atoms with Crippen LogP contribution in [0.25, 0.3) is 0 Å². The SMILES string of the molecule is N[C@@H]1CCCCc2cc(O)c(F)cc21. The van der Waals surface area contributed by atoms with Crippen LogP contribution in [0, 0.1) is 5.82 Å². The molecule has 1 aliphatic rings. The summed E-state index contributed by atoms with van der Waals surface area (Å²) in [5, 5.41) is 9.24. The Balaban J connectivity index is 2.49. The highest BCUT2D eigenvalue weighted by Gasteiger charge is 2.17. The lowest BCUT2D eigenvalue weighted by molar-refractivity contribution is 0.430. The molecule has 0 bridgehead atoms. The number of phenolic OH excluding ortho intramolecular Hbond substituents is 1. The van der Waals surface area contributed by atoms with Crippen LogP contribution in [0.3, 0.4) is 0 Å². The van der Waals surface area contributed by atoms with Gasteiger partial charge in [0, 0.05) is 6.04 Å². The molecule has 3 N–H and O–H groups in total. The molecule has 1 aliphatic carbocycles. The quantitative estimate of drug-likeness (QED) is 0.624. The van der Waals surface area contributed by atoms with Gasteiger partial charge < -0.3 is 10.8 Å². The van der Waals surface area contributed by atoms with Crippen molar-refractivity contribution in [1.29, 1.82) is 0 Å². The van der Waals surface area contributed by atoms with Gasteiger partial charge in [-0.3, -0.25) is 0 Å². The Morgan fingerprint density at radius 3 is 2.93 bits per heavy atom. The first kappa shape index (κ1) is 9.46. The molecule has 0 amide bonds. The number of hydrogen-bond acceptors (Lipinski definition) is 2. The monoisotopic (exact) mass is 195 g/mol. The van der Waals surface area contributed by atoms with E-state index in [9.17, 15) is 9.50 Å². The molecule has 14 heavy (non-hydrogen) atoms. The summed E-state index contributed by atoms with van der Waals surface area (Å²) in [7, 11) is 0. The van der Waals surface area contributed by atoms with E-state index < -0.39 is 5.82 Å². The topological polar surface area (TPSA) is 46.2 Å². The Morgan fingerprint density at radius 1 is 1.36 bits per heavy atom. The van der Waals surface area contributed by atoms with Crippen LogP contribution in [0.4, 0.5) is 4.39 Å². The molecule has 0 radical (unpaired) electrons. The van der Waals surface area contributed by atoms with Crippen molar-refractivity contribution in [2.24, 2.45) is 5.73 Å². The average Bonchev–Trinajstić information content (AvgIpc) is 2.31. The van der Waals surface area contributed by atoms with Gasteiger partial charge in [0.1, 0.15) is 0 Å². The van der Waals surface area contributed by atoms with Gasteiger partial charge in [0.15, 0.2) is 11.6 Å². The highest BCUT2D eigenvalue weighted by molar-refractivity contribution is 5.38. The molecule has 1 aromatic rings. The molecule has 0 fully saturated rings. The van der Waals surface area contributed by atoms with Gasteiger partial charge in [-0.25, -0.2) is 4.39 Å². The average molecular weight is 195 g/mol. The zero-order valence-electron chi connectivity index (χ0n) is 7.96. The van der Waals surface area contributed by atoms with Crippen molar-refractivity contribution >= 4 is 0 Å². The van der Waals surface area contributed by atoms with Crippen molar-refractivity contribution < 1.29 is 9.50 Å². The van der Waals surface area contributed by atoms with E-state index in [1.807, 2.05) is 0 Å². The molecule has 2 nitrogen and oxygen atoms in total. The molecule has 0 aliphatic heterocycles. The Kier molecular flexibility index (Phi) is 2.42. The van der Waals surface area contributed by atoms with Crippen molar-refractivity contribution in [2.45, 2.75) is 31.7 Å². The maximum atomic E-state index is 13.1. The van der Waals surface area contributed by atoms with Crippen molar-refractivity contribution in [3.8, 4) is 5.75 Å². The van der Waals surface area contributed by atoms with Crippen LogP contribution in [0.5, 0.6) is 5.75 Å². The van der Waals surface area contributed by atoms with Gasteiger partial charge >= 0.3 is 0 Å². The van der Waals surface area contributed by atoms with Crippen LogP contribution in [0.2, 0.25) is 0 Å². The summed E-state index contributed by atoms with van der Waals surface area (Å²) in [4.78, 5) is 0. The highest BCUT2D eigenvalue weighted by atomic mass is 19.1. The van der Waals surface area contributed by atoms with E-state index in [1.165, 1.54) is 12.1 Å². The maximum Gasteiger partial charge on any atom is 0.165 e. The molecule has 0 aromatic heterocycles. The molecule has 0 saturated heterocycles. The minimum Gasteiger partial charge on any atom is -0.505 e. The molecule has 1 atom stereocenters. The van der Waals surface area contributed by atoms with Crippen LogP contribution in [-0.4, -0.2) is 5.11 Å². The summed E-state index contributed by atoms with van der Waals surface area (Å²) in [5.41, 5.74) is 7.77. The molecule has 0 saturated carbocycles. The lowest BCUT2D eigenvalue weighted by Crippen LogP contribution is -2.10. The second kappa shape index (κ2) is 3.58. The lowest BCUT2D eigenvalue weighted by Gasteiger charge is -2.12. The van der Waals surface area contributed by atoms with Gasteiger partial charge in [0.25, 0.3) is 0 Å². The number of rotatable bonds is 0. The number of aryl methyl sites for hydroxylation is 1. The van der Waals surface area contributed by atoms with E-state index in [-0.39, 0.29) is 11.8 Å². The van der Waals surface area contributed by atoms with E-state index in [4.69, 9.17) is 5.73 Å². The third-order valence-corrected chi connectivity index (χ3v) is 2.82. The first-order valence-corrected chi connectivity index (χ1v) is 4.95. The van der Waals surface area contributed by atoms with Crippen molar-refractivity contribution in [2.75, 3.05) is 0 Å². The number of halogens is 1. The standard InChI is InChI=1S/C11H14FNO/c12-9-6-8-7(5-11(9)14)3-1-2-4-10(8)13/h5-6,10,14H,1-4,13H2/t10-/m1/s1. The fraction of sp³-hybridized carbons (Fsp3) is 0.455. The lowest BCUT2D eigenvalue weighted by atomic mass is 9.99. The van der Waals surface area contributed by atoms with E-state index >= 15 is 0 Å². The molecule has 0 unspecified atom stereocenters. The highest BCUT2D eigenvalue weighted by Crippen LogP contribution is 2.31. The number of hydrogen-bond donors (Lipinski definition) is 2. The second-order valence-electron chi connectivity index (χ2n) is 3.85. The smallest absolute Gasteiger partial charge is 0.165 e. The van der Waals surface area contributed by atoms with Gasteiger partial charge in [-0.05, 0) is 42.5 Å².